The number of ketones is 2. The fourth-order valence-corrected chi connectivity index (χ4v) is 9.30. The highest BCUT2D eigenvalue weighted by Gasteiger charge is 2.43. The summed E-state index contributed by atoms with van der Waals surface area (Å²) in [4.78, 5) is 72.7. The Morgan fingerprint density at radius 2 is 1.59 bits per heavy atom. The van der Waals surface area contributed by atoms with Gasteiger partial charge in [-0.3, -0.25) is 28.7 Å². The molecule has 13 nitrogen and oxygen atoms in total. The van der Waals surface area contributed by atoms with Crippen LogP contribution in [0.5, 0.6) is 0 Å². The summed E-state index contributed by atoms with van der Waals surface area (Å²) in [6, 6.07) is 7.81. The average Bonchev–Trinajstić information content (AvgIpc) is 3.66. The van der Waals surface area contributed by atoms with E-state index < -0.39 is 63.7 Å². The largest absolute Gasteiger partial charge is 0.379 e. The fourth-order valence-electron chi connectivity index (χ4n) is 8.44. The summed E-state index contributed by atoms with van der Waals surface area (Å²) in [5.41, 5.74) is 0.776. The standard InChI is InChI=1S/C44H72N4O9S/c1-13-23-58(54,55)46-43(52)33(24-32-19-16-15-17-20-32)25-36(49)31(8)42(57-12)35-21-18-22-48(35)39(51)27-38(56-11)41(30(7)14-2)47(10)44(53)34(28(3)4)26-37(50)40(45-9)29(5)6/h13,15-17,19-20,28-31,33-35,38,40-42,45H,1,14,18,21-27H2,2-12H3,(H,46,52)/t30-,31-,33+,34-,35-,38+,40-,41-,42+/m0/s1. The van der Waals surface area contributed by atoms with E-state index in [0.29, 0.717) is 19.4 Å². The molecule has 328 valence electrons. The Morgan fingerprint density at radius 3 is 2.10 bits per heavy atom. The van der Waals surface area contributed by atoms with Crippen molar-refractivity contribution < 1.29 is 41.9 Å². The second kappa shape index (κ2) is 24.0. The third-order valence-electron chi connectivity index (χ3n) is 12.0. The van der Waals surface area contributed by atoms with Gasteiger partial charge in [-0.1, -0.05) is 91.3 Å². The third-order valence-corrected chi connectivity index (χ3v) is 13.1. The Morgan fingerprint density at radius 1 is 0.948 bits per heavy atom. The maximum Gasteiger partial charge on any atom is 0.238 e. The second-order valence-corrected chi connectivity index (χ2v) is 18.5. The summed E-state index contributed by atoms with van der Waals surface area (Å²) in [7, 11) is 2.55. The number of carbonyl (C=O) groups excluding carboxylic acids is 5. The maximum atomic E-state index is 14.3. The van der Waals surface area contributed by atoms with Gasteiger partial charge in [-0.15, -0.1) is 6.58 Å². The van der Waals surface area contributed by atoms with Crippen LogP contribution in [0.2, 0.25) is 0 Å². The number of carbonyl (C=O) groups is 5. The van der Waals surface area contributed by atoms with Crippen LogP contribution < -0.4 is 10.0 Å². The zero-order chi connectivity index (χ0) is 43.9. The Kier molecular flexibility index (Phi) is 20.9. The molecule has 1 aromatic rings. The number of sulfonamides is 1. The number of nitrogens with zero attached hydrogens (tertiary/aromatic N) is 2. The zero-order valence-corrected chi connectivity index (χ0v) is 37.7. The van der Waals surface area contributed by atoms with E-state index in [-0.39, 0.29) is 72.9 Å². The van der Waals surface area contributed by atoms with E-state index in [1.165, 1.54) is 13.2 Å². The molecule has 0 aliphatic carbocycles. The Balaban J connectivity index is 2.33. The number of benzene rings is 1. The molecule has 1 saturated heterocycles. The van der Waals surface area contributed by atoms with E-state index in [2.05, 4.69) is 16.6 Å². The summed E-state index contributed by atoms with van der Waals surface area (Å²) in [6.07, 6.45) is 1.84. The predicted octanol–water partition coefficient (Wildman–Crippen LogP) is 4.83. The Hall–Kier alpha value is -3.46. The van der Waals surface area contributed by atoms with Gasteiger partial charge >= 0.3 is 0 Å². The van der Waals surface area contributed by atoms with Crippen LogP contribution in [-0.4, -0.2) is 118 Å². The van der Waals surface area contributed by atoms with Crippen molar-refractivity contribution >= 4 is 39.3 Å². The number of likely N-dealkylation sites (N-methyl/N-ethyl adjacent to an activating group) is 2. The van der Waals surface area contributed by atoms with Gasteiger partial charge in [-0.25, -0.2) is 8.42 Å². The highest BCUT2D eigenvalue weighted by atomic mass is 32.2. The van der Waals surface area contributed by atoms with Gasteiger partial charge in [0.1, 0.15) is 5.78 Å². The van der Waals surface area contributed by atoms with Crippen molar-refractivity contribution in [3.63, 3.8) is 0 Å². The monoisotopic (exact) mass is 833 g/mol. The second-order valence-electron chi connectivity index (χ2n) is 16.7. The fraction of sp³-hybridized carbons (Fsp3) is 0.705. The number of rotatable bonds is 26. The van der Waals surface area contributed by atoms with E-state index in [1.807, 2.05) is 71.9 Å². The minimum atomic E-state index is -3.98. The topological polar surface area (TPSA) is 168 Å². The van der Waals surface area contributed by atoms with E-state index >= 15 is 0 Å². The quantitative estimate of drug-likeness (QED) is 0.123. The molecule has 0 spiro atoms. The third kappa shape index (κ3) is 14.1. The number of likely N-dealkylation sites (tertiary alicyclic amines) is 1. The lowest BCUT2D eigenvalue weighted by Crippen LogP contribution is -2.54. The maximum absolute atomic E-state index is 14.3. The summed E-state index contributed by atoms with van der Waals surface area (Å²) in [5.74, 6) is -4.19. The van der Waals surface area contributed by atoms with Gasteiger partial charge in [-0.05, 0) is 49.6 Å². The molecule has 0 aromatic heterocycles. The van der Waals surface area contributed by atoms with Gasteiger partial charge in [0.15, 0.2) is 5.78 Å². The van der Waals surface area contributed by atoms with Crippen LogP contribution in [0.25, 0.3) is 0 Å². The number of ether oxygens (including phenoxy) is 2. The van der Waals surface area contributed by atoms with Gasteiger partial charge in [0.25, 0.3) is 0 Å². The molecule has 9 atom stereocenters. The molecule has 1 aliphatic rings. The lowest BCUT2D eigenvalue weighted by atomic mass is 9.84. The normalized spacial score (nSPS) is 18.8. The van der Waals surface area contributed by atoms with E-state index in [9.17, 15) is 32.4 Å². The van der Waals surface area contributed by atoms with Gasteiger partial charge in [0.2, 0.25) is 27.7 Å². The minimum absolute atomic E-state index is 0.0107. The first-order valence-corrected chi connectivity index (χ1v) is 22.5. The molecule has 3 amide bonds. The summed E-state index contributed by atoms with van der Waals surface area (Å²) in [6.45, 7) is 17.5. The minimum Gasteiger partial charge on any atom is -0.379 e. The van der Waals surface area contributed by atoms with Crippen molar-refractivity contribution in [3.8, 4) is 0 Å². The lowest BCUT2D eigenvalue weighted by Gasteiger charge is -2.41. The molecule has 2 N–H and O–H groups in total. The molecular formula is C44H72N4O9S. The Labute approximate surface area is 348 Å². The highest BCUT2D eigenvalue weighted by Crippen LogP contribution is 2.32. The molecule has 1 aliphatic heterocycles. The van der Waals surface area contributed by atoms with Crippen molar-refractivity contribution in [2.75, 3.05) is 40.6 Å². The van der Waals surface area contributed by atoms with Crippen molar-refractivity contribution in [3.05, 3.63) is 48.6 Å². The zero-order valence-electron chi connectivity index (χ0n) is 36.9. The number of hydrogen-bond acceptors (Lipinski definition) is 10. The number of hydrogen-bond donors (Lipinski definition) is 2. The first-order valence-electron chi connectivity index (χ1n) is 20.8. The average molecular weight is 833 g/mol. The van der Waals surface area contributed by atoms with E-state index in [4.69, 9.17) is 9.47 Å². The van der Waals surface area contributed by atoms with Crippen LogP contribution in [0.15, 0.2) is 43.0 Å². The number of Topliss-reactive ketones (excluding diaryl/α,β-unsaturated/α-hetero) is 2. The Bertz CT molecular complexity index is 1620. The molecule has 1 fully saturated rings. The molecule has 1 aromatic carbocycles. The first-order chi connectivity index (χ1) is 27.3. The van der Waals surface area contributed by atoms with Gasteiger partial charge < -0.3 is 24.6 Å². The van der Waals surface area contributed by atoms with Gasteiger partial charge in [0.05, 0.1) is 42.5 Å². The number of methoxy groups -OCH3 is 2. The number of nitrogens with one attached hydrogen (secondary N) is 2. The first kappa shape index (κ1) is 50.7. The van der Waals surface area contributed by atoms with Crippen LogP contribution in [0.3, 0.4) is 0 Å². The predicted molar refractivity (Wildman–Crippen MR) is 227 cm³/mol. The molecule has 2 rings (SSSR count). The van der Waals surface area contributed by atoms with Crippen LogP contribution in [0.4, 0.5) is 0 Å². The van der Waals surface area contributed by atoms with Crippen LogP contribution in [0.1, 0.15) is 92.6 Å². The van der Waals surface area contributed by atoms with Crippen molar-refractivity contribution in [2.24, 2.45) is 35.5 Å². The van der Waals surface area contributed by atoms with E-state index in [1.54, 1.807) is 37.9 Å². The lowest BCUT2D eigenvalue weighted by molar-refractivity contribution is -0.149. The van der Waals surface area contributed by atoms with E-state index in [0.717, 1.165) is 12.0 Å². The molecule has 14 heteroatoms. The smallest absolute Gasteiger partial charge is 0.238 e. The molecule has 0 unspecified atom stereocenters. The summed E-state index contributed by atoms with van der Waals surface area (Å²) >= 11 is 0. The van der Waals surface area contributed by atoms with Crippen molar-refractivity contribution in [1.29, 1.82) is 0 Å². The summed E-state index contributed by atoms with van der Waals surface area (Å²) in [5, 5.41) is 3.10. The van der Waals surface area contributed by atoms with Crippen LogP contribution in [0, 0.1) is 35.5 Å². The molecule has 0 saturated carbocycles. The van der Waals surface area contributed by atoms with Crippen molar-refractivity contribution in [1.82, 2.24) is 19.8 Å². The molecular weight excluding hydrogens is 761 g/mol. The molecule has 58 heavy (non-hydrogen) atoms. The van der Waals surface area contributed by atoms with Gasteiger partial charge in [0, 0.05) is 58.4 Å². The number of amides is 3. The van der Waals surface area contributed by atoms with Crippen LogP contribution >= 0.6 is 0 Å². The van der Waals surface area contributed by atoms with Crippen molar-refractivity contribution in [2.45, 2.75) is 124 Å². The molecule has 0 radical (unpaired) electrons. The van der Waals surface area contributed by atoms with Gasteiger partial charge in [-0.2, -0.15) is 0 Å². The molecule has 0 bridgehead atoms. The highest BCUT2D eigenvalue weighted by molar-refractivity contribution is 7.90. The SMILES string of the molecule is C=CCS(=O)(=O)NC(=O)[C@@H](CC(=O)[C@H](C)[C@@H](OC)[C@@H]1CCCN1C(=O)C[C@@H](OC)[C@H]([C@@H](C)CC)N(C)C(=O)[C@@H](CC(=O)[C@@H](NC)C(C)C)C(C)C)Cc1ccccc1. The summed E-state index contributed by atoms with van der Waals surface area (Å²) < 4.78 is 39.0. The molecule has 1 heterocycles. The van der Waals surface area contributed by atoms with Crippen LogP contribution in [-0.2, 0) is 49.9 Å².